The number of aliphatic hydroxyl groups excluding tert-OH is 1. The van der Waals surface area contributed by atoms with E-state index in [1.54, 1.807) is 12.1 Å². The zero-order valence-electron chi connectivity index (χ0n) is 15.1. The molecule has 0 radical (unpaired) electrons. The standard InChI is InChI=1S/C21H28N2O3/c24-15-17-26-16-14-22-10-12-23(13-11-22)21(18-4-2-1-3-5-18)19-6-8-20(25)9-7-19/h1-9,21,24-25H,10-17H2. The molecule has 5 heteroatoms. The van der Waals surface area contributed by atoms with Gasteiger partial charge in [0, 0.05) is 32.7 Å². The molecule has 1 aliphatic heterocycles. The van der Waals surface area contributed by atoms with Crippen molar-refractivity contribution in [1.82, 2.24) is 9.80 Å². The van der Waals surface area contributed by atoms with Crippen molar-refractivity contribution in [3.63, 3.8) is 0 Å². The SMILES string of the molecule is OCCOCCN1CCN(C(c2ccccc2)c2ccc(O)cc2)CC1. The highest BCUT2D eigenvalue weighted by molar-refractivity contribution is 5.35. The minimum Gasteiger partial charge on any atom is -0.508 e. The van der Waals surface area contributed by atoms with Crippen LogP contribution < -0.4 is 0 Å². The zero-order valence-corrected chi connectivity index (χ0v) is 15.1. The highest BCUT2D eigenvalue weighted by Crippen LogP contribution is 2.30. The van der Waals surface area contributed by atoms with Gasteiger partial charge in [-0.25, -0.2) is 0 Å². The Labute approximate surface area is 155 Å². The van der Waals surface area contributed by atoms with E-state index in [1.165, 1.54) is 11.1 Å². The molecule has 0 spiro atoms. The van der Waals surface area contributed by atoms with Gasteiger partial charge in [-0.15, -0.1) is 0 Å². The summed E-state index contributed by atoms with van der Waals surface area (Å²) in [4.78, 5) is 4.92. The van der Waals surface area contributed by atoms with Crippen molar-refractivity contribution >= 4 is 0 Å². The Balaban J connectivity index is 1.66. The largest absolute Gasteiger partial charge is 0.508 e. The number of phenolic OH excluding ortho intramolecular Hbond substituents is 1. The number of ether oxygens (including phenoxy) is 1. The van der Waals surface area contributed by atoms with Gasteiger partial charge >= 0.3 is 0 Å². The molecule has 26 heavy (non-hydrogen) atoms. The lowest BCUT2D eigenvalue weighted by molar-refractivity contribution is 0.0522. The molecule has 3 rings (SSSR count). The van der Waals surface area contributed by atoms with Crippen molar-refractivity contribution in [3.8, 4) is 5.75 Å². The van der Waals surface area contributed by atoms with E-state index in [-0.39, 0.29) is 12.6 Å². The molecule has 5 nitrogen and oxygen atoms in total. The number of nitrogens with zero attached hydrogens (tertiary/aromatic N) is 2. The summed E-state index contributed by atoms with van der Waals surface area (Å²) in [6.07, 6.45) is 0. The van der Waals surface area contributed by atoms with Gasteiger partial charge in [-0.2, -0.15) is 0 Å². The van der Waals surface area contributed by atoms with Gasteiger partial charge < -0.3 is 14.9 Å². The molecule has 140 valence electrons. The second-order valence-electron chi connectivity index (χ2n) is 6.62. The van der Waals surface area contributed by atoms with Crippen LogP contribution in [0.5, 0.6) is 5.75 Å². The maximum atomic E-state index is 9.63. The first-order valence-electron chi connectivity index (χ1n) is 9.27. The third-order valence-corrected chi connectivity index (χ3v) is 4.88. The van der Waals surface area contributed by atoms with Gasteiger partial charge in [0.25, 0.3) is 0 Å². The Bertz CT molecular complexity index is 640. The summed E-state index contributed by atoms with van der Waals surface area (Å²) in [5.74, 6) is 0.299. The van der Waals surface area contributed by atoms with Gasteiger partial charge in [0.15, 0.2) is 0 Å². The quantitative estimate of drug-likeness (QED) is 0.710. The summed E-state index contributed by atoms with van der Waals surface area (Å²) < 4.78 is 5.38. The Morgan fingerprint density at radius 1 is 0.846 bits per heavy atom. The molecule has 2 aromatic carbocycles. The highest BCUT2D eigenvalue weighted by atomic mass is 16.5. The summed E-state index contributed by atoms with van der Waals surface area (Å²) in [6.45, 7) is 6.05. The van der Waals surface area contributed by atoms with Crippen molar-refractivity contribution in [2.24, 2.45) is 0 Å². The second kappa shape index (κ2) is 9.69. The van der Waals surface area contributed by atoms with Crippen LogP contribution in [0.25, 0.3) is 0 Å². The number of phenols is 1. The van der Waals surface area contributed by atoms with Gasteiger partial charge in [-0.05, 0) is 23.3 Å². The maximum absolute atomic E-state index is 9.63. The van der Waals surface area contributed by atoms with Crippen LogP contribution >= 0.6 is 0 Å². The number of aliphatic hydroxyl groups is 1. The Morgan fingerprint density at radius 2 is 1.50 bits per heavy atom. The molecule has 0 bridgehead atoms. The van der Waals surface area contributed by atoms with Crippen molar-refractivity contribution in [3.05, 3.63) is 65.7 Å². The Kier molecular flexibility index (Phi) is 7.03. The molecule has 1 aliphatic rings. The van der Waals surface area contributed by atoms with E-state index >= 15 is 0 Å². The number of piperazine rings is 1. The lowest BCUT2D eigenvalue weighted by Crippen LogP contribution is -2.48. The summed E-state index contributed by atoms with van der Waals surface area (Å²) in [5, 5.41) is 18.4. The van der Waals surface area contributed by atoms with Crippen LogP contribution in [0.1, 0.15) is 17.2 Å². The molecule has 0 amide bonds. The fourth-order valence-electron chi connectivity index (χ4n) is 3.51. The van der Waals surface area contributed by atoms with Crippen LogP contribution in [0, 0.1) is 0 Å². The predicted octanol–water partition coefficient (Wildman–Crippen LogP) is 2.11. The third-order valence-electron chi connectivity index (χ3n) is 4.88. The fraction of sp³-hybridized carbons (Fsp3) is 0.429. The van der Waals surface area contributed by atoms with Crippen LogP contribution in [0.3, 0.4) is 0 Å². The van der Waals surface area contributed by atoms with E-state index in [4.69, 9.17) is 9.84 Å². The zero-order chi connectivity index (χ0) is 18.2. The topological polar surface area (TPSA) is 56.2 Å². The smallest absolute Gasteiger partial charge is 0.115 e. The first-order chi connectivity index (χ1) is 12.8. The van der Waals surface area contributed by atoms with Crippen molar-refractivity contribution < 1.29 is 14.9 Å². The average Bonchev–Trinajstić information content (AvgIpc) is 2.69. The number of aromatic hydroxyl groups is 1. The Hall–Kier alpha value is -1.92. The molecular weight excluding hydrogens is 328 g/mol. The molecular formula is C21H28N2O3. The van der Waals surface area contributed by atoms with E-state index in [0.717, 1.165) is 32.7 Å². The predicted molar refractivity (Wildman–Crippen MR) is 102 cm³/mol. The summed E-state index contributed by atoms with van der Waals surface area (Å²) in [7, 11) is 0. The summed E-state index contributed by atoms with van der Waals surface area (Å²) in [5.41, 5.74) is 2.48. The lowest BCUT2D eigenvalue weighted by Gasteiger charge is -2.39. The van der Waals surface area contributed by atoms with Gasteiger partial charge in [0.05, 0.1) is 25.9 Å². The van der Waals surface area contributed by atoms with Crippen LogP contribution in [0.4, 0.5) is 0 Å². The van der Waals surface area contributed by atoms with Gasteiger partial charge in [0.1, 0.15) is 5.75 Å². The molecule has 2 aromatic rings. The average molecular weight is 356 g/mol. The lowest BCUT2D eigenvalue weighted by atomic mass is 9.96. The fourth-order valence-corrected chi connectivity index (χ4v) is 3.51. The number of benzene rings is 2. The van der Waals surface area contributed by atoms with Gasteiger partial charge in [-0.1, -0.05) is 42.5 Å². The highest BCUT2D eigenvalue weighted by Gasteiger charge is 2.26. The molecule has 1 heterocycles. The molecule has 1 fully saturated rings. The van der Waals surface area contributed by atoms with Crippen molar-refractivity contribution in [1.29, 1.82) is 0 Å². The minimum absolute atomic E-state index is 0.0825. The molecule has 1 unspecified atom stereocenters. The van der Waals surface area contributed by atoms with E-state index in [2.05, 4.69) is 34.1 Å². The minimum atomic E-state index is 0.0825. The molecule has 2 N–H and O–H groups in total. The Morgan fingerprint density at radius 3 is 2.15 bits per heavy atom. The van der Waals surface area contributed by atoms with Crippen LogP contribution in [-0.2, 0) is 4.74 Å². The number of hydrogen-bond donors (Lipinski definition) is 2. The first kappa shape index (κ1) is 18.9. The molecule has 0 aliphatic carbocycles. The van der Waals surface area contributed by atoms with E-state index in [1.807, 2.05) is 18.2 Å². The van der Waals surface area contributed by atoms with Crippen LogP contribution in [0.15, 0.2) is 54.6 Å². The second-order valence-corrected chi connectivity index (χ2v) is 6.62. The van der Waals surface area contributed by atoms with E-state index in [9.17, 15) is 5.11 Å². The number of hydrogen-bond acceptors (Lipinski definition) is 5. The molecule has 1 saturated heterocycles. The molecule has 0 saturated carbocycles. The molecule has 1 atom stereocenters. The monoisotopic (exact) mass is 356 g/mol. The third kappa shape index (κ3) is 5.05. The maximum Gasteiger partial charge on any atom is 0.115 e. The van der Waals surface area contributed by atoms with Gasteiger partial charge in [0.2, 0.25) is 0 Å². The van der Waals surface area contributed by atoms with Crippen LogP contribution in [-0.4, -0.2) is 72.6 Å². The van der Waals surface area contributed by atoms with Crippen molar-refractivity contribution in [2.75, 3.05) is 52.5 Å². The summed E-state index contributed by atoms with van der Waals surface area (Å²) in [6, 6.07) is 18.3. The van der Waals surface area contributed by atoms with E-state index in [0.29, 0.717) is 19.0 Å². The van der Waals surface area contributed by atoms with Crippen molar-refractivity contribution in [2.45, 2.75) is 6.04 Å². The van der Waals surface area contributed by atoms with E-state index < -0.39 is 0 Å². The first-order valence-corrected chi connectivity index (χ1v) is 9.27. The molecule has 0 aromatic heterocycles. The van der Waals surface area contributed by atoms with Gasteiger partial charge in [-0.3, -0.25) is 9.80 Å². The van der Waals surface area contributed by atoms with Crippen LogP contribution in [0.2, 0.25) is 0 Å². The number of rotatable bonds is 8. The normalized spacial score (nSPS) is 17.3. The summed E-state index contributed by atoms with van der Waals surface area (Å²) >= 11 is 0.